The number of pyridine rings is 1. The third-order valence-corrected chi connectivity index (χ3v) is 3.11. The van der Waals surface area contributed by atoms with Crippen LogP contribution < -0.4 is 11.1 Å². The van der Waals surface area contributed by atoms with Gasteiger partial charge in [-0.2, -0.15) is 5.10 Å². The van der Waals surface area contributed by atoms with Crippen LogP contribution in [0.5, 0.6) is 0 Å². The van der Waals surface area contributed by atoms with E-state index >= 15 is 0 Å². The Morgan fingerprint density at radius 2 is 1.94 bits per heavy atom. The fourth-order valence-electron chi connectivity index (χ4n) is 1.78. The number of fused-ring (bicyclic) bond motifs is 1. The summed E-state index contributed by atoms with van der Waals surface area (Å²) in [7, 11) is 1.60. The predicted molar refractivity (Wildman–Crippen MR) is 62.1 cm³/mol. The molecular formula is C10H10ClN3O2. The Kier molecular flexibility index (Phi) is 2.35. The van der Waals surface area contributed by atoms with Crippen molar-refractivity contribution in [3.63, 3.8) is 0 Å². The van der Waals surface area contributed by atoms with Gasteiger partial charge in [0.05, 0.1) is 21.6 Å². The van der Waals surface area contributed by atoms with E-state index < -0.39 is 0 Å². The zero-order valence-corrected chi connectivity index (χ0v) is 9.84. The van der Waals surface area contributed by atoms with Crippen LogP contribution in [0.2, 0.25) is 5.02 Å². The lowest BCUT2D eigenvalue weighted by molar-refractivity contribution is 0.863. The summed E-state index contributed by atoms with van der Waals surface area (Å²) in [4.78, 5) is 23.5. The maximum atomic E-state index is 11.8. The fourth-order valence-corrected chi connectivity index (χ4v) is 2.04. The van der Waals surface area contributed by atoms with E-state index in [-0.39, 0.29) is 16.1 Å². The molecule has 16 heavy (non-hydrogen) atoms. The van der Waals surface area contributed by atoms with Crippen LogP contribution in [-0.2, 0) is 7.05 Å². The number of hydrogen-bond acceptors (Lipinski definition) is 3. The number of aromatic amines is 1. The summed E-state index contributed by atoms with van der Waals surface area (Å²) in [5.74, 6) is 0. The number of H-pyrrole nitrogens is 1. The van der Waals surface area contributed by atoms with Crippen LogP contribution in [-0.4, -0.2) is 14.8 Å². The lowest BCUT2D eigenvalue weighted by Gasteiger charge is -2.09. The first kappa shape index (κ1) is 10.9. The van der Waals surface area contributed by atoms with E-state index in [2.05, 4.69) is 10.2 Å². The molecule has 2 heterocycles. The first-order valence-electron chi connectivity index (χ1n) is 4.69. The molecule has 0 atom stereocenters. The highest BCUT2D eigenvalue weighted by Gasteiger charge is 2.15. The standard InChI is InChI=1S/C10H10ClN3O2/c1-4-7(11)6-8(14(3)10(4)16)5(2)12-13-9(6)15/h1-3H3,(H,13,15). The van der Waals surface area contributed by atoms with E-state index in [1.807, 2.05) is 0 Å². The van der Waals surface area contributed by atoms with Gasteiger partial charge in [0.25, 0.3) is 11.1 Å². The largest absolute Gasteiger partial charge is 0.309 e. The maximum Gasteiger partial charge on any atom is 0.275 e. The molecule has 84 valence electrons. The van der Waals surface area contributed by atoms with Crippen molar-refractivity contribution in [2.45, 2.75) is 13.8 Å². The Bertz CT molecular complexity index is 700. The molecule has 0 saturated heterocycles. The van der Waals surface area contributed by atoms with Crippen LogP contribution >= 0.6 is 11.6 Å². The van der Waals surface area contributed by atoms with Gasteiger partial charge in [-0.15, -0.1) is 0 Å². The lowest BCUT2D eigenvalue weighted by atomic mass is 10.2. The van der Waals surface area contributed by atoms with Crippen LogP contribution in [0.15, 0.2) is 9.59 Å². The molecule has 0 bridgehead atoms. The third kappa shape index (κ3) is 1.28. The quantitative estimate of drug-likeness (QED) is 0.743. The molecule has 1 N–H and O–H groups in total. The van der Waals surface area contributed by atoms with Crippen LogP contribution in [0.1, 0.15) is 11.3 Å². The Balaban J connectivity index is 3.28. The van der Waals surface area contributed by atoms with Gasteiger partial charge in [-0.1, -0.05) is 11.6 Å². The maximum absolute atomic E-state index is 11.8. The predicted octanol–water partition coefficient (Wildman–Crippen LogP) is 0.892. The molecule has 0 amide bonds. The van der Waals surface area contributed by atoms with Crippen molar-refractivity contribution < 1.29 is 0 Å². The van der Waals surface area contributed by atoms with Gasteiger partial charge in [0.15, 0.2) is 0 Å². The summed E-state index contributed by atoms with van der Waals surface area (Å²) >= 11 is 6.02. The van der Waals surface area contributed by atoms with E-state index in [0.29, 0.717) is 22.2 Å². The van der Waals surface area contributed by atoms with Gasteiger partial charge in [-0.05, 0) is 13.8 Å². The molecule has 0 fully saturated rings. The van der Waals surface area contributed by atoms with Crippen molar-refractivity contribution in [1.29, 1.82) is 0 Å². The summed E-state index contributed by atoms with van der Waals surface area (Å²) in [5.41, 5.74) is 0.811. The van der Waals surface area contributed by atoms with E-state index in [1.165, 1.54) is 4.57 Å². The second-order valence-electron chi connectivity index (χ2n) is 3.66. The molecule has 0 aliphatic rings. The van der Waals surface area contributed by atoms with Gasteiger partial charge in [-0.3, -0.25) is 9.59 Å². The van der Waals surface area contributed by atoms with Gasteiger partial charge in [0, 0.05) is 12.6 Å². The normalized spacial score (nSPS) is 11.0. The molecule has 0 saturated carbocycles. The molecule has 5 nitrogen and oxygen atoms in total. The highest BCUT2D eigenvalue weighted by Crippen LogP contribution is 2.21. The number of halogens is 1. The second-order valence-corrected chi connectivity index (χ2v) is 4.04. The van der Waals surface area contributed by atoms with Gasteiger partial charge >= 0.3 is 0 Å². The van der Waals surface area contributed by atoms with Crippen molar-refractivity contribution in [3.8, 4) is 0 Å². The molecule has 0 radical (unpaired) electrons. The highest BCUT2D eigenvalue weighted by molar-refractivity contribution is 6.36. The van der Waals surface area contributed by atoms with Crippen LogP contribution in [0.4, 0.5) is 0 Å². The lowest BCUT2D eigenvalue weighted by Crippen LogP contribution is -2.24. The van der Waals surface area contributed by atoms with Crippen LogP contribution in [0, 0.1) is 13.8 Å². The number of aromatic nitrogens is 3. The van der Waals surface area contributed by atoms with E-state index in [4.69, 9.17) is 11.6 Å². The zero-order valence-electron chi connectivity index (χ0n) is 9.09. The summed E-state index contributed by atoms with van der Waals surface area (Å²) in [6.07, 6.45) is 0. The number of aryl methyl sites for hydroxylation is 2. The highest BCUT2D eigenvalue weighted by atomic mass is 35.5. The molecule has 6 heteroatoms. The minimum atomic E-state index is -0.385. The molecule has 0 spiro atoms. The van der Waals surface area contributed by atoms with Crippen LogP contribution in [0.25, 0.3) is 10.9 Å². The first-order valence-corrected chi connectivity index (χ1v) is 5.07. The van der Waals surface area contributed by atoms with Crippen molar-refractivity contribution >= 4 is 22.5 Å². The Hall–Kier alpha value is -1.62. The van der Waals surface area contributed by atoms with E-state index in [9.17, 15) is 9.59 Å². The van der Waals surface area contributed by atoms with Gasteiger partial charge in [0.1, 0.15) is 0 Å². The molecule has 0 aromatic carbocycles. The summed E-state index contributed by atoms with van der Waals surface area (Å²) in [5, 5.41) is 6.69. The second kappa shape index (κ2) is 3.45. The average Bonchev–Trinajstić information content (AvgIpc) is 2.26. The molecule has 2 aromatic heterocycles. The molecular weight excluding hydrogens is 230 g/mol. The smallest absolute Gasteiger partial charge is 0.275 e. The van der Waals surface area contributed by atoms with Gasteiger partial charge in [0.2, 0.25) is 0 Å². The van der Waals surface area contributed by atoms with Crippen molar-refractivity contribution in [1.82, 2.24) is 14.8 Å². The monoisotopic (exact) mass is 239 g/mol. The summed E-state index contributed by atoms with van der Waals surface area (Å²) in [6, 6.07) is 0. The Morgan fingerprint density at radius 1 is 1.31 bits per heavy atom. The summed E-state index contributed by atoms with van der Waals surface area (Å²) in [6.45, 7) is 3.31. The van der Waals surface area contributed by atoms with Crippen molar-refractivity contribution in [2.75, 3.05) is 0 Å². The number of nitrogens with one attached hydrogen (secondary N) is 1. The van der Waals surface area contributed by atoms with E-state index in [0.717, 1.165) is 0 Å². The van der Waals surface area contributed by atoms with Gasteiger partial charge < -0.3 is 4.57 Å². The number of rotatable bonds is 0. The summed E-state index contributed by atoms with van der Waals surface area (Å²) < 4.78 is 1.40. The molecule has 2 rings (SSSR count). The average molecular weight is 240 g/mol. The van der Waals surface area contributed by atoms with E-state index in [1.54, 1.807) is 20.9 Å². The Labute approximate surface area is 95.7 Å². The minimum Gasteiger partial charge on any atom is -0.309 e. The third-order valence-electron chi connectivity index (χ3n) is 2.64. The fraction of sp³-hybridized carbons (Fsp3) is 0.300. The van der Waals surface area contributed by atoms with Crippen LogP contribution in [0.3, 0.4) is 0 Å². The first-order chi connectivity index (χ1) is 7.45. The SMILES string of the molecule is Cc1c(Cl)c2c(=O)[nH]nc(C)c2n(C)c1=O. The molecule has 0 aliphatic heterocycles. The van der Waals surface area contributed by atoms with Gasteiger partial charge in [-0.25, -0.2) is 5.10 Å². The van der Waals surface area contributed by atoms with Crippen molar-refractivity contribution in [3.05, 3.63) is 37.0 Å². The zero-order chi connectivity index (χ0) is 12.0. The topological polar surface area (TPSA) is 67.8 Å². The van der Waals surface area contributed by atoms with Crippen molar-refractivity contribution in [2.24, 2.45) is 7.05 Å². The number of hydrogen-bond donors (Lipinski definition) is 1. The molecule has 0 unspecified atom stereocenters. The molecule has 2 aromatic rings. The minimum absolute atomic E-state index is 0.199. The number of nitrogens with zero attached hydrogens (tertiary/aromatic N) is 2. The Morgan fingerprint density at radius 3 is 2.56 bits per heavy atom. The molecule has 0 aliphatic carbocycles.